The van der Waals surface area contributed by atoms with Crippen LogP contribution in [0, 0.1) is 0 Å². The second kappa shape index (κ2) is 5.68. The number of rotatable bonds is 1. The number of hydrogen-bond acceptors (Lipinski definition) is 3. The van der Waals surface area contributed by atoms with Crippen molar-refractivity contribution in [2.24, 2.45) is 0 Å². The number of nitrogens with zero attached hydrogens (tertiary/aromatic N) is 1. The maximum absolute atomic E-state index is 12.1. The van der Waals surface area contributed by atoms with Gasteiger partial charge in [0, 0.05) is 5.69 Å². The van der Waals surface area contributed by atoms with Gasteiger partial charge in [-0.3, -0.25) is 14.9 Å². The zero-order chi connectivity index (χ0) is 14.9. The van der Waals surface area contributed by atoms with Crippen molar-refractivity contribution >= 4 is 46.7 Å². The molecule has 106 valence electrons. The van der Waals surface area contributed by atoms with E-state index in [1.165, 1.54) is 19.1 Å². The second-order valence-electron chi connectivity index (χ2n) is 4.28. The molecule has 1 heterocycles. The Balaban J connectivity index is 2.12. The summed E-state index contributed by atoms with van der Waals surface area (Å²) in [6, 6.07) is 3.31. The van der Waals surface area contributed by atoms with Crippen LogP contribution in [0.3, 0.4) is 0 Å². The quantitative estimate of drug-likeness (QED) is 0.776. The van der Waals surface area contributed by atoms with Crippen LogP contribution in [-0.4, -0.2) is 35.3 Å². The molecule has 1 aliphatic rings. The Labute approximate surface area is 125 Å². The van der Waals surface area contributed by atoms with Crippen LogP contribution < -0.4 is 10.6 Å². The summed E-state index contributed by atoms with van der Waals surface area (Å²) in [5.74, 6) is -1.03. The van der Waals surface area contributed by atoms with Crippen LogP contribution in [0.5, 0.6) is 0 Å². The van der Waals surface area contributed by atoms with E-state index in [1.807, 2.05) is 0 Å². The SMILES string of the molecule is CC1C(=O)NC(=O)CN1C(=O)Nc1ccc(Cl)c(Cl)c1. The smallest absolute Gasteiger partial charge is 0.308 e. The van der Waals surface area contributed by atoms with Crippen molar-refractivity contribution in [1.29, 1.82) is 0 Å². The van der Waals surface area contributed by atoms with Gasteiger partial charge in [0.1, 0.15) is 12.6 Å². The molecule has 1 fully saturated rings. The first-order valence-electron chi connectivity index (χ1n) is 5.75. The van der Waals surface area contributed by atoms with Crippen LogP contribution in [0.1, 0.15) is 6.92 Å². The van der Waals surface area contributed by atoms with Gasteiger partial charge < -0.3 is 10.2 Å². The highest BCUT2D eigenvalue weighted by Gasteiger charge is 2.33. The predicted octanol–water partition coefficient (Wildman–Crippen LogP) is 1.87. The lowest BCUT2D eigenvalue weighted by atomic mass is 10.2. The summed E-state index contributed by atoms with van der Waals surface area (Å²) in [6.45, 7) is 1.36. The van der Waals surface area contributed by atoms with Crippen molar-refractivity contribution in [3.8, 4) is 0 Å². The normalized spacial score (nSPS) is 18.8. The van der Waals surface area contributed by atoms with Crippen molar-refractivity contribution in [2.75, 3.05) is 11.9 Å². The lowest BCUT2D eigenvalue weighted by Gasteiger charge is -2.31. The highest BCUT2D eigenvalue weighted by molar-refractivity contribution is 6.42. The third-order valence-corrected chi connectivity index (χ3v) is 3.59. The van der Waals surface area contributed by atoms with Gasteiger partial charge in [-0.15, -0.1) is 0 Å². The molecule has 1 aromatic rings. The van der Waals surface area contributed by atoms with E-state index in [0.717, 1.165) is 4.90 Å². The van der Waals surface area contributed by atoms with E-state index in [-0.39, 0.29) is 6.54 Å². The van der Waals surface area contributed by atoms with Crippen molar-refractivity contribution in [3.63, 3.8) is 0 Å². The summed E-state index contributed by atoms with van der Waals surface area (Å²) in [5, 5.41) is 5.38. The number of carbonyl (C=O) groups is 3. The lowest BCUT2D eigenvalue weighted by Crippen LogP contribution is -2.59. The summed E-state index contributed by atoms with van der Waals surface area (Å²) in [6.07, 6.45) is 0. The van der Waals surface area contributed by atoms with E-state index in [4.69, 9.17) is 23.2 Å². The molecule has 0 aromatic heterocycles. The molecule has 6 nitrogen and oxygen atoms in total. The van der Waals surface area contributed by atoms with E-state index in [9.17, 15) is 14.4 Å². The maximum atomic E-state index is 12.1. The monoisotopic (exact) mass is 315 g/mol. The third-order valence-electron chi connectivity index (χ3n) is 2.86. The van der Waals surface area contributed by atoms with E-state index in [2.05, 4.69) is 10.6 Å². The Hall–Kier alpha value is -1.79. The van der Waals surface area contributed by atoms with Crippen molar-refractivity contribution in [2.45, 2.75) is 13.0 Å². The number of benzene rings is 1. The Morgan fingerprint density at radius 1 is 1.35 bits per heavy atom. The third kappa shape index (κ3) is 3.02. The van der Waals surface area contributed by atoms with Gasteiger partial charge in [0.25, 0.3) is 0 Å². The molecule has 2 rings (SSSR count). The number of hydrogen-bond donors (Lipinski definition) is 2. The molecule has 0 aliphatic carbocycles. The minimum absolute atomic E-state index is 0.180. The molecule has 0 saturated carbocycles. The van der Waals surface area contributed by atoms with Crippen molar-refractivity contribution in [3.05, 3.63) is 28.2 Å². The van der Waals surface area contributed by atoms with Crippen LogP contribution in [-0.2, 0) is 9.59 Å². The van der Waals surface area contributed by atoms with Gasteiger partial charge in [-0.05, 0) is 25.1 Å². The van der Waals surface area contributed by atoms with E-state index >= 15 is 0 Å². The van der Waals surface area contributed by atoms with Crippen LogP contribution >= 0.6 is 23.2 Å². The predicted molar refractivity (Wildman–Crippen MR) is 74.8 cm³/mol. The average Bonchev–Trinajstić information content (AvgIpc) is 2.38. The van der Waals surface area contributed by atoms with Crippen LogP contribution in [0.15, 0.2) is 18.2 Å². The molecule has 1 unspecified atom stereocenters. The Morgan fingerprint density at radius 3 is 2.70 bits per heavy atom. The number of anilines is 1. The highest BCUT2D eigenvalue weighted by Crippen LogP contribution is 2.25. The minimum atomic E-state index is -0.726. The molecule has 0 spiro atoms. The fraction of sp³-hybridized carbons (Fsp3) is 0.250. The molecule has 0 radical (unpaired) electrons. The number of nitrogens with one attached hydrogen (secondary N) is 2. The number of amides is 4. The fourth-order valence-electron chi connectivity index (χ4n) is 1.73. The van der Waals surface area contributed by atoms with E-state index < -0.39 is 23.9 Å². The van der Waals surface area contributed by atoms with Gasteiger partial charge in [-0.25, -0.2) is 4.79 Å². The molecule has 1 aromatic carbocycles. The number of urea groups is 1. The molecule has 1 saturated heterocycles. The Bertz CT molecular complexity index is 591. The average molecular weight is 316 g/mol. The first-order chi connectivity index (χ1) is 9.38. The van der Waals surface area contributed by atoms with Crippen LogP contribution in [0.4, 0.5) is 10.5 Å². The van der Waals surface area contributed by atoms with Gasteiger partial charge >= 0.3 is 6.03 Å². The molecular formula is C12H11Cl2N3O3. The Morgan fingerprint density at radius 2 is 2.05 bits per heavy atom. The first kappa shape index (κ1) is 14.6. The number of imide groups is 1. The second-order valence-corrected chi connectivity index (χ2v) is 5.09. The fourth-order valence-corrected chi connectivity index (χ4v) is 2.03. The van der Waals surface area contributed by atoms with Gasteiger partial charge in [0.05, 0.1) is 10.0 Å². The Kier molecular flexibility index (Phi) is 4.15. The summed E-state index contributed by atoms with van der Waals surface area (Å²) in [4.78, 5) is 36.0. The van der Waals surface area contributed by atoms with E-state index in [0.29, 0.717) is 15.7 Å². The molecule has 0 bridgehead atoms. The summed E-state index contributed by atoms with van der Waals surface area (Å²) < 4.78 is 0. The van der Waals surface area contributed by atoms with Crippen LogP contribution in [0.25, 0.3) is 0 Å². The molecule has 4 amide bonds. The molecule has 20 heavy (non-hydrogen) atoms. The largest absolute Gasteiger partial charge is 0.322 e. The summed E-state index contributed by atoms with van der Waals surface area (Å²) in [7, 11) is 0. The summed E-state index contributed by atoms with van der Waals surface area (Å²) in [5.41, 5.74) is 0.426. The zero-order valence-corrected chi connectivity index (χ0v) is 12.0. The van der Waals surface area contributed by atoms with Crippen LogP contribution in [0.2, 0.25) is 10.0 Å². The molecule has 1 aliphatic heterocycles. The topological polar surface area (TPSA) is 78.5 Å². The van der Waals surface area contributed by atoms with Gasteiger partial charge in [-0.2, -0.15) is 0 Å². The minimum Gasteiger partial charge on any atom is -0.308 e. The van der Waals surface area contributed by atoms with Crippen molar-refractivity contribution < 1.29 is 14.4 Å². The standard InChI is InChI=1S/C12H11Cl2N3O3/c1-6-11(19)16-10(18)5-17(6)12(20)15-7-2-3-8(13)9(14)4-7/h2-4,6H,5H2,1H3,(H,15,20)(H,16,18,19). The summed E-state index contributed by atoms with van der Waals surface area (Å²) >= 11 is 11.6. The van der Waals surface area contributed by atoms with Crippen molar-refractivity contribution in [1.82, 2.24) is 10.2 Å². The van der Waals surface area contributed by atoms with E-state index in [1.54, 1.807) is 6.07 Å². The highest BCUT2D eigenvalue weighted by atomic mass is 35.5. The molecule has 1 atom stereocenters. The number of carbonyl (C=O) groups excluding carboxylic acids is 3. The molecular weight excluding hydrogens is 305 g/mol. The molecule has 8 heteroatoms. The first-order valence-corrected chi connectivity index (χ1v) is 6.50. The zero-order valence-electron chi connectivity index (χ0n) is 10.4. The van der Waals surface area contributed by atoms with Gasteiger partial charge in [0.2, 0.25) is 11.8 Å². The van der Waals surface area contributed by atoms with Gasteiger partial charge in [0.15, 0.2) is 0 Å². The number of halogens is 2. The lowest BCUT2D eigenvalue weighted by molar-refractivity contribution is -0.137. The number of piperazine rings is 1. The van der Waals surface area contributed by atoms with Gasteiger partial charge in [-0.1, -0.05) is 23.2 Å². The molecule has 2 N–H and O–H groups in total. The maximum Gasteiger partial charge on any atom is 0.322 e.